The standard InChI is InChI=1S/C19H30N4O2/c1-21(2)18-10-6-9-16(20-18)17-13-23(11-12-25-17)19(24)14-22(3)15-7-4-5-8-15/h6,9-10,15,17H,4-5,7-8,11-14H2,1-3H3. The van der Waals surface area contributed by atoms with E-state index in [9.17, 15) is 4.79 Å². The molecule has 0 bridgehead atoms. The molecular formula is C19H30N4O2. The van der Waals surface area contributed by atoms with Gasteiger partial charge in [0, 0.05) is 26.7 Å². The summed E-state index contributed by atoms with van der Waals surface area (Å²) >= 11 is 0. The maximum atomic E-state index is 12.7. The quantitative estimate of drug-likeness (QED) is 0.815. The average molecular weight is 346 g/mol. The lowest BCUT2D eigenvalue weighted by atomic mass is 10.1. The normalized spacial score (nSPS) is 21.8. The molecule has 1 unspecified atom stereocenters. The molecule has 1 saturated heterocycles. The molecule has 6 heteroatoms. The van der Waals surface area contributed by atoms with Crippen LogP contribution in [0.1, 0.15) is 37.5 Å². The molecule has 2 fully saturated rings. The first kappa shape index (κ1) is 18.1. The highest BCUT2D eigenvalue weighted by molar-refractivity contribution is 5.78. The predicted molar refractivity (Wildman–Crippen MR) is 98.7 cm³/mol. The van der Waals surface area contributed by atoms with Crippen LogP contribution in [-0.2, 0) is 9.53 Å². The van der Waals surface area contributed by atoms with Gasteiger partial charge in [0.15, 0.2) is 0 Å². The molecule has 2 aliphatic rings. The third-order valence-electron chi connectivity index (χ3n) is 5.30. The van der Waals surface area contributed by atoms with Crippen molar-refractivity contribution in [3.63, 3.8) is 0 Å². The third kappa shape index (κ3) is 4.50. The number of hydrogen-bond donors (Lipinski definition) is 0. The lowest BCUT2D eigenvalue weighted by Crippen LogP contribution is -2.47. The molecule has 1 aromatic heterocycles. The van der Waals surface area contributed by atoms with Gasteiger partial charge < -0.3 is 14.5 Å². The lowest BCUT2D eigenvalue weighted by Gasteiger charge is -2.34. The highest BCUT2D eigenvalue weighted by Crippen LogP contribution is 2.24. The Kier molecular flexibility index (Phi) is 5.91. The smallest absolute Gasteiger partial charge is 0.236 e. The van der Waals surface area contributed by atoms with E-state index in [1.54, 1.807) is 0 Å². The number of likely N-dealkylation sites (N-methyl/N-ethyl adjacent to an activating group) is 1. The maximum absolute atomic E-state index is 12.7. The lowest BCUT2D eigenvalue weighted by molar-refractivity contribution is -0.140. The minimum atomic E-state index is -0.144. The van der Waals surface area contributed by atoms with Gasteiger partial charge >= 0.3 is 0 Å². The van der Waals surface area contributed by atoms with Gasteiger partial charge in [0.25, 0.3) is 0 Å². The van der Waals surface area contributed by atoms with Crippen LogP contribution < -0.4 is 4.90 Å². The molecule has 6 nitrogen and oxygen atoms in total. The van der Waals surface area contributed by atoms with Crippen molar-refractivity contribution in [1.29, 1.82) is 0 Å². The second-order valence-electron chi connectivity index (χ2n) is 7.37. The summed E-state index contributed by atoms with van der Waals surface area (Å²) in [5, 5.41) is 0. The molecular weight excluding hydrogens is 316 g/mol. The van der Waals surface area contributed by atoms with Gasteiger partial charge in [-0.1, -0.05) is 18.9 Å². The molecule has 0 aromatic carbocycles. The Morgan fingerprint density at radius 3 is 2.76 bits per heavy atom. The summed E-state index contributed by atoms with van der Waals surface area (Å²) in [6.07, 6.45) is 4.87. The highest BCUT2D eigenvalue weighted by atomic mass is 16.5. The van der Waals surface area contributed by atoms with Gasteiger partial charge in [-0.05, 0) is 32.0 Å². The Morgan fingerprint density at radius 1 is 1.28 bits per heavy atom. The van der Waals surface area contributed by atoms with E-state index >= 15 is 0 Å². The topological polar surface area (TPSA) is 48.9 Å². The Balaban J connectivity index is 1.60. The Morgan fingerprint density at radius 2 is 2.04 bits per heavy atom. The molecule has 1 aliphatic heterocycles. The molecule has 1 amide bonds. The van der Waals surface area contributed by atoms with E-state index in [1.165, 1.54) is 25.7 Å². The summed E-state index contributed by atoms with van der Waals surface area (Å²) in [4.78, 5) is 23.5. The SMILES string of the molecule is CN(C)c1cccc(C2CN(C(=O)CN(C)C3CCCC3)CCO2)n1. The van der Waals surface area contributed by atoms with Gasteiger partial charge in [0.1, 0.15) is 11.9 Å². The average Bonchev–Trinajstić information content (AvgIpc) is 3.16. The van der Waals surface area contributed by atoms with Gasteiger partial charge in [0.2, 0.25) is 5.91 Å². The van der Waals surface area contributed by atoms with Crippen LogP contribution in [0.25, 0.3) is 0 Å². The van der Waals surface area contributed by atoms with Crippen LogP contribution >= 0.6 is 0 Å². The number of carbonyl (C=O) groups is 1. The number of carbonyl (C=O) groups excluding carboxylic acids is 1. The maximum Gasteiger partial charge on any atom is 0.236 e. The molecule has 0 spiro atoms. The van der Waals surface area contributed by atoms with E-state index in [-0.39, 0.29) is 12.0 Å². The van der Waals surface area contributed by atoms with Crippen molar-refractivity contribution in [2.45, 2.75) is 37.8 Å². The van der Waals surface area contributed by atoms with Crippen LogP contribution in [0.3, 0.4) is 0 Å². The van der Waals surface area contributed by atoms with E-state index < -0.39 is 0 Å². The van der Waals surface area contributed by atoms with Crippen LogP contribution in [0, 0.1) is 0 Å². The molecule has 3 rings (SSSR count). The van der Waals surface area contributed by atoms with E-state index in [0.717, 1.165) is 11.5 Å². The summed E-state index contributed by atoms with van der Waals surface area (Å²) in [6.45, 7) is 2.32. The number of aromatic nitrogens is 1. The first-order chi connectivity index (χ1) is 12.0. The zero-order valence-corrected chi connectivity index (χ0v) is 15.6. The minimum absolute atomic E-state index is 0.144. The van der Waals surface area contributed by atoms with Crippen molar-refractivity contribution < 1.29 is 9.53 Å². The number of nitrogens with zero attached hydrogens (tertiary/aromatic N) is 4. The van der Waals surface area contributed by atoms with Crippen LogP contribution in [0.4, 0.5) is 5.82 Å². The summed E-state index contributed by atoms with van der Waals surface area (Å²) in [7, 11) is 6.03. The van der Waals surface area contributed by atoms with Crippen molar-refractivity contribution in [2.75, 3.05) is 52.3 Å². The first-order valence-corrected chi connectivity index (χ1v) is 9.28. The molecule has 1 aliphatic carbocycles. The van der Waals surface area contributed by atoms with Gasteiger partial charge in [0.05, 0.1) is 25.4 Å². The Bertz CT molecular complexity index is 587. The Hall–Kier alpha value is -1.66. The third-order valence-corrected chi connectivity index (χ3v) is 5.30. The van der Waals surface area contributed by atoms with E-state index in [1.807, 2.05) is 42.1 Å². The number of amides is 1. The molecule has 1 saturated carbocycles. The predicted octanol–water partition coefficient (Wildman–Crippen LogP) is 1.92. The van der Waals surface area contributed by atoms with Gasteiger partial charge in [-0.2, -0.15) is 0 Å². The molecule has 0 N–H and O–H groups in total. The first-order valence-electron chi connectivity index (χ1n) is 9.28. The molecule has 138 valence electrons. The molecule has 0 radical (unpaired) electrons. The van der Waals surface area contributed by atoms with Gasteiger partial charge in [-0.25, -0.2) is 4.98 Å². The summed E-state index contributed by atoms with van der Waals surface area (Å²) < 4.78 is 5.90. The molecule has 1 atom stereocenters. The van der Waals surface area contributed by atoms with Gasteiger partial charge in [-0.15, -0.1) is 0 Å². The number of ether oxygens (including phenoxy) is 1. The van der Waals surface area contributed by atoms with E-state index in [0.29, 0.717) is 32.3 Å². The monoisotopic (exact) mass is 346 g/mol. The highest BCUT2D eigenvalue weighted by Gasteiger charge is 2.28. The fourth-order valence-electron chi connectivity index (χ4n) is 3.71. The number of rotatable bonds is 5. The van der Waals surface area contributed by atoms with Crippen LogP contribution in [-0.4, -0.2) is 74.1 Å². The fraction of sp³-hybridized carbons (Fsp3) is 0.684. The van der Waals surface area contributed by atoms with Crippen molar-refractivity contribution in [3.05, 3.63) is 23.9 Å². The Labute approximate surface area is 150 Å². The van der Waals surface area contributed by atoms with E-state index in [2.05, 4.69) is 16.9 Å². The second kappa shape index (κ2) is 8.15. The second-order valence-corrected chi connectivity index (χ2v) is 7.37. The van der Waals surface area contributed by atoms with Crippen molar-refractivity contribution in [1.82, 2.24) is 14.8 Å². The largest absolute Gasteiger partial charge is 0.368 e. The van der Waals surface area contributed by atoms with Crippen molar-refractivity contribution >= 4 is 11.7 Å². The number of morpholine rings is 1. The summed E-state index contributed by atoms with van der Waals surface area (Å²) in [6, 6.07) is 6.52. The van der Waals surface area contributed by atoms with E-state index in [4.69, 9.17) is 4.74 Å². The zero-order chi connectivity index (χ0) is 17.8. The number of hydrogen-bond acceptors (Lipinski definition) is 5. The number of pyridine rings is 1. The van der Waals surface area contributed by atoms with Crippen LogP contribution in [0.15, 0.2) is 18.2 Å². The fourth-order valence-corrected chi connectivity index (χ4v) is 3.71. The summed E-state index contributed by atoms with van der Waals surface area (Å²) in [5.41, 5.74) is 0.896. The molecule has 1 aromatic rings. The van der Waals surface area contributed by atoms with Crippen LogP contribution in [0.2, 0.25) is 0 Å². The zero-order valence-electron chi connectivity index (χ0n) is 15.6. The number of anilines is 1. The van der Waals surface area contributed by atoms with Gasteiger partial charge in [-0.3, -0.25) is 9.69 Å². The molecule has 2 heterocycles. The molecule has 25 heavy (non-hydrogen) atoms. The van der Waals surface area contributed by atoms with Crippen LogP contribution in [0.5, 0.6) is 0 Å². The summed E-state index contributed by atoms with van der Waals surface area (Å²) in [5.74, 6) is 1.11. The van der Waals surface area contributed by atoms with Crippen molar-refractivity contribution in [2.24, 2.45) is 0 Å². The van der Waals surface area contributed by atoms with Crippen molar-refractivity contribution in [3.8, 4) is 0 Å². The minimum Gasteiger partial charge on any atom is -0.368 e.